The highest BCUT2D eigenvalue weighted by atomic mass is 35.5. The molecule has 0 saturated carbocycles. The molecule has 1 N–H and O–H groups in total. The van der Waals surface area contributed by atoms with Crippen LogP contribution in [0.4, 0.5) is 5.69 Å². The van der Waals surface area contributed by atoms with Gasteiger partial charge in [-0.15, -0.1) is 0 Å². The summed E-state index contributed by atoms with van der Waals surface area (Å²) >= 11 is 12.0. The molecule has 2 rings (SSSR count). The summed E-state index contributed by atoms with van der Waals surface area (Å²) < 4.78 is 5.73. The van der Waals surface area contributed by atoms with E-state index in [1.54, 1.807) is 25.1 Å². The third-order valence-corrected chi connectivity index (χ3v) is 4.72. The molecular formula is C21H25Cl2NO2. The minimum Gasteiger partial charge on any atom is -0.479 e. The molecule has 1 amide bonds. The zero-order chi connectivity index (χ0) is 19.4. The van der Waals surface area contributed by atoms with E-state index in [-0.39, 0.29) is 5.91 Å². The number of carbonyl (C=O) groups excluding carboxylic acids is 1. The Balaban J connectivity index is 2.23. The molecule has 0 spiro atoms. The van der Waals surface area contributed by atoms with Gasteiger partial charge >= 0.3 is 0 Å². The lowest BCUT2D eigenvalue weighted by atomic mass is 9.92. The molecule has 5 heteroatoms. The SMILES string of the molecule is CC(Oc1ccc(Cl)cc1Cl)C(=O)Nc1c(C(C)C)cccc1C(C)C. The first kappa shape index (κ1) is 20.6. The number of para-hydroxylation sites is 1. The van der Waals surface area contributed by atoms with Gasteiger partial charge in [0.05, 0.1) is 5.02 Å². The van der Waals surface area contributed by atoms with Crippen LogP contribution in [0, 0.1) is 0 Å². The Morgan fingerprint density at radius 1 is 0.962 bits per heavy atom. The first-order valence-corrected chi connectivity index (χ1v) is 9.51. The van der Waals surface area contributed by atoms with E-state index >= 15 is 0 Å². The van der Waals surface area contributed by atoms with Crippen LogP contribution in [0.3, 0.4) is 0 Å². The summed E-state index contributed by atoms with van der Waals surface area (Å²) in [5.41, 5.74) is 3.10. The van der Waals surface area contributed by atoms with Crippen molar-refractivity contribution in [2.45, 2.75) is 52.6 Å². The number of nitrogens with one attached hydrogen (secondary N) is 1. The van der Waals surface area contributed by atoms with Gasteiger partial charge in [0.1, 0.15) is 5.75 Å². The highest BCUT2D eigenvalue weighted by Crippen LogP contribution is 2.33. The highest BCUT2D eigenvalue weighted by molar-refractivity contribution is 6.35. The zero-order valence-electron chi connectivity index (χ0n) is 15.8. The van der Waals surface area contributed by atoms with Gasteiger partial charge in [-0.25, -0.2) is 0 Å². The summed E-state index contributed by atoms with van der Waals surface area (Å²) in [4.78, 5) is 12.7. The number of ether oxygens (including phenoxy) is 1. The number of rotatable bonds is 6. The fraction of sp³-hybridized carbons (Fsp3) is 0.381. The molecule has 2 aromatic rings. The molecule has 0 aliphatic rings. The molecule has 0 bridgehead atoms. The predicted octanol–water partition coefficient (Wildman–Crippen LogP) is 6.65. The first-order chi connectivity index (χ1) is 12.2. The number of anilines is 1. The lowest BCUT2D eigenvalue weighted by Gasteiger charge is -2.22. The van der Waals surface area contributed by atoms with Crippen LogP contribution in [-0.2, 0) is 4.79 Å². The van der Waals surface area contributed by atoms with Crippen molar-refractivity contribution >= 4 is 34.8 Å². The number of amides is 1. The topological polar surface area (TPSA) is 38.3 Å². The van der Waals surface area contributed by atoms with Crippen molar-refractivity contribution in [2.75, 3.05) is 5.32 Å². The molecule has 26 heavy (non-hydrogen) atoms. The number of carbonyl (C=O) groups is 1. The van der Waals surface area contributed by atoms with Gasteiger partial charge in [-0.05, 0) is 48.1 Å². The van der Waals surface area contributed by atoms with E-state index in [9.17, 15) is 4.79 Å². The highest BCUT2D eigenvalue weighted by Gasteiger charge is 2.21. The van der Waals surface area contributed by atoms with Gasteiger partial charge in [0.15, 0.2) is 6.10 Å². The smallest absolute Gasteiger partial charge is 0.265 e. The monoisotopic (exact) mass is 393 g/mol. The zero-order valence-corrected chi connectivity index (χ0v) is 17.3. The van der Waals surface area contributed by atoms with Gasteiger partial charge in [-0.1, -0.05) is 69.1 Å². The molecule has 0 saturated heterocycles. The Hall–Kier alpha value is -1.71. The average Bonchev–Trinajstić information content (AvgIpc) is 2.56. The first-order valence-electron chi connectivity index (χ1n) is 8.76. The standard InChI is InChI=1S/C21H25Cl2NO2/c1-12(2)16-7-6-8-17(13(3)4)20(16)24-21(25)14(5)26-19-10-9-15(22)11-18(19)23/h6-14H,1-5H3,(H,24,25). The van der Waals surface area contributed by atoms with Crippen LogP contribution in [0.15, 0.2) is 36.4 Å². The Bertz CT molecular complexity index is 761. The van der Waals surface area contributed by atoms with E-state index in [2.05, 4.69) is 33.0 Å². The molecule has 0 fully saturated rings. The maximum absolute atomic E-state index is 12.7. The van der Waals surface area contributed by atoms with Gasteiger partial charge in [0.25, 0.3) is 5.91 Å². The second-order valence-electron chi connectivity index (χ2n) is 6.94. The second kappa shape index (κ2) is 8.79. The number of halogens is 2. The molecule has 0 aliphatic carbocycles. The minimum absolute atomic E-state index is 0.217. The Morgan fingerprint density at radius 3 is 2.04 bits per heavy atom. The van der Waals surface area contributed by atoms with E-state index in [0.29, 0.717) is 27.6 Å². The van der Waals surface area contributed by atoms with Gasteiger partial charge in [0.2, 0.25) is 0 Å². The van der Waals surface area contributed by atoms with Gasteiger partial charge in [0, 0.05) is 10.7 Å². The molecule has 0 heterocycles. The third-order valence-electron chi connectivity index (χ3n) is 4.19. The predicted molar refractivity (Wildman–Crippen MR) is 110 cm³/mol. The Labute approximate surface area is 165 Å². The van der Waals surface area contributed by atoms with Crippen LogP contribution >= 0.6 is 23.2 Å². The van der Waals surface area contributed by atoms with E-state index in [0.717, 1.165) is 16.8 Å². The minimum atomic E-state index is -0.700. The molecule has 140 valence electrons. The van der Waals surface area contributed by atoms with Crippen LogP contribution in [-0.4, -0.2) is 12.0 Å². The molecule has 0 aliphatic heterocycles. The van der Waals surface area contributed by atoms with Crippen molar-refractivity contribution in [1.82, 2.24) is 0 Å². The van der Waals surface area contributed by atoms with Gasteiger partial charge < -0.3 is 10.1 Å². The fourth-order valence-electron chi connectivity index (χ4n) is 2.73. The van der Waals surface area contributed by atoms with Crippen molar-refractivity contribution in [2.24, 2.45) is 0 Å². The van der Waals surface area contributed by atoms with Crippen LogP contribution < -0.4 is 10.1 Å². The van der Waals surface area contributed by atoms with Crippen molar-refractivity contribution in [3.05, 3.63) is 57.6 Å². The normalized spacial score (nSPS) is 12.3. The second-order valence-corrected chi connectivity index (χ2v) is 7.79. The number of hydrogen-bond donors (Lipinski definition) is 1. The van der Waals surface area contributed by atoms with Crippen LogP contribution in [0.25, 0.3) is 0 Å². The van der Waals surface area contributed by atoms with Crippen LogP contribution in [0.2, 0.25) is 10.0 Å². The van der Waals surface area contributed by atoms with Crippen molar-refractivity contribution < 1.29 is 9.53 Å². The van der Waals surface area contributed by atoms with Crippen molar-refractivity contribution in [3.63, 3.8) is 0 Å². The largest absolute Gasteiger partial charge is 0.479 e. The summed E-state index contributed by atoms with van der Waals surface area (Å²) in [6.07, 6.45) is -0.700. The quantitative estimate of drug-likeness (QED) is 0.596. The lowest BCUT2D eigenvalue weighted by Crippen LogP contribution is -2.31. The van der Waals surface area contributed by atoms with E-state index in [1.807, 2.05) is 18.2 Å². The van der Waals surface area contributed by atoms with Crippen molar-refractivity contribution in [1.29, 1.82) is 0 Å². The number of hydrogen-bond acceptors (Lipinski definition) is 2. The Kier molecular flexibility index (Phi) is 6.96. The molecule has 0 aromatic heterocycles. The van der Waals surface area contributed by atoms with Gasteiger partial charge in [-0.3, -0.25) is 4.79 Å². The summed E-state index contributed by atoms with van der Waals surface area (Å²) in [6.45, 7) is 10.2. The summed E-state index contributed by atoms with van der Waals surface area (Å²) in [6, 6.07) is 11.1. The summed E-state index contributed by atoms with van der Waals surface area (Å²) in [5.74, 6) is 0.808. The van der Waals surface area contributed by atoms with E-state index in [4.69, 9.17) is 27.9 Å². The third kappa shape index (κ3) is 4.93. The molecular weight excluding hydrogens is 369 g/mol. The maximum atomic E-state index is 12.7. The van der Waals surface area contributed by atoms with Crippen molar-refractivity contribution in [3.8, 4) is 5.75 Å². The Morgan fingerprint density at radius 2 is 1.54 bits per heavy atom. The van der Waals surface area contributed by atoms with E-state index in [1.165, 1.54) is 0 Å². The van der Waals surface area contributed by atoms with Crippen LogP contribution in [0.1, 0.15) is 57.6 Å². The molecule has 2 aromatic carbocycles. The molecule has 1 unspecified atom stereocenters. The summed E-state index contributed by atoms with van der Waals surface area (Å²) in [5, 5.41) is 3.96. The molecule has 1 atom stereocenters. The lowest BCUT2D eigenvalue weighted by molar-refractivity contribution is -0.122. The van der Waals surface area contributed by atoms with E-state index < -0.39 is 6.10 Å². The average molecular weight is 394 g/mol. The number of benzene rings is 2. The summed E-state index contributed by atoms with van der Waals surface area (Å²) in [7, 11) is 0. The molecule has 0 radical (unpaired) electrons. The fourth-order valence-corrected chi connectivity index (χ4v) is 3.19. The van der Waals surface area contributed by atoms with Crippen LogP contribution in [0.5, 0.6) is 5.75 Å². The molecule has 3 nitrogen and oxygen atoms in total. The maximum Gasteiger partial charge on any atom is 0.265 e. The van der Waals surface area contributed by atoms with Gasteiger partial charge in [-0.2, -0.15) is 0 Å².